The van der Waals surface area contributed by atoms with Gasteiger partial charge in [0.2, 0.25) is 6.10 Å². The number of esters is 1. The van der Waals surface area contributed by atoms with E-state index in [-0.39, 0.29) is 21.7 Å². The number of benzene rings is 3. The lowest BCUT2D eigenvalue weighted by molar-refractivity contribution is -0.149. The third-order valence-corrected chi connectivity index (χ3v) is 11.8. The summed E-state index contributed by atoms with van der Waals surface area (Å²) in [6, 6.07) is 23.4. The van der Waals surface area contributed by atoms with Crippen molar-refractivity contribution in [1.29, 1.82) is 5.26 Å². The fourth-order valence-electron chi connectivity index (χ4n) is 4.42. The molecule has 4 rings (SSSR count). The van der Waals surface area contributed by atoms with Gasteiger partial charge in [-0.1, -0.05) is 102 Å². The highest BCUT2D eigenvalue weighted by molar-refractivity contribution is 9.10. The number of allylic oxidation sites excluding steroid dienone is 1. The van der Waals surface area contributed by atoms with Crippen LogP contribution in [-0.2, 0) is 18.6 Å². The fourth-order valence-corrected chi connectivity index (χ4v) is 8.92. The van der Waals surface area contributed by atoms with E-state index in [9.17, 15) is 14.6 Å². The summed E-state index contributed by atoms with van der Waals surface area (Å²) in [5.41, 5.74) is 0.231. The molecule has 1 saturated carbocycles. The zero-order chi connectivity index (χ0) is 33.9. The molecule has 3 aromatic rings. The van der Waals surface area contributed by atoms with E-state index in [0.29, 0.717) is 40.2 Å². The molecule has 0 aliphatic heterocycles. The van der Waals surface area contributed by atoms with E-state index in [2.05, 4.69) is 15.9 Å². The van der Waals surface area contributed by atoms with E-state index in [1.807, 2.05) is 57.2 Å². The molecule has 46 heavy (non-hydrogen) atoms. The molecule has 0 N–H and O–H groups in total. The quantitative estimate of drug-likeness (QED) is 0.125. The Hall–Kier alpha value is -2.15. The number of carbonyl (C=O) groups excluding carboxylic acids is 1. The van der Waals surface area contributed by atoms with Crippen LogP contribution >= 0.6 is 68.9 Å². The number of hydrogen-bond acceptors (Lipinski definition) is 8. The second-order valence-corrected chi connectivity index (χ2v) is 17.0. The lowest BCUT2D eigenvalue weighted by atomic mass is 10.1. The van der Waals surface area contributed by atoms with Gasteiger partial charge in [-0.2, -0.15) is 5.26 Å². The van der Waals surface area contributed by atoms with Gasteiger partial charge in [0.1, 0.15) is 27.8 Å². The van der Waals surface area contributed by atoms with E-state index in [1.165, 1.54) is 11.4 Å². The molecular formula is C33H34BrCl3NO6PS. The maximum atomic E-state index is 12.6. The summed E-state index contributed by atoms with van der Waals surface area (Å²) in [6.45, 7) is 4.82. The van der Waals surface area contributed by atoms with Gasteiger partial charge in [0.25, 0.3) is 0 Å². The standard InChI is InChI=1S/C22H19Cl2NO3.C11H15BrClO3PS/c1-22(2)17(12-19(23)24)20(22)21(26)28-18(13-25)14-7-6-10-16(11-14)27-15-8-4-3-5-9-15;1-3-7-18-17(14,15-4-2)16-11-6-5-9(12)8-10(11)13/h3-12,17-18,20H,1-2H3;5-6,8H,3-4,7H2,1-2H3. The van der Waals surface area contributed by atoms with Crippen molar-refractivity contribution in [3.8, 4) is 23.3 Å². The molecule has 7 nitrogen and oxygen atoms in total. The average molecular weight is 790 g/mol. The number of nitrogens with zero attached hydrogens (tertiary/aromatic N) is 1. The Labute approximate surface area is 297 Å². The molecule has 1 aliphatic rings. The van der Waals surface area contributed by atoms with Crippen LogP contribution in [0.5, 0.6) is 17.2 Å². The van der Waals surface area contributed by atoms with Crippen molar-refractivity contribution in [2.45, 2.75) is 40.2 Å². The van der Waals surface area contributed by atoms with Gasteiger partial charge in [0, 0.05) is 15.8 Å². The molecule has 4 unspecified atom stereocenters. The van der Waals surface area contributed by atoms with Crippen LogP contribution in [0.25, 0.3) is 0 Å². The van der Waals surface area contributed by atoms with Crippen molar-refractivity contribution < 1.29 is 27.9 Å². The van der Waals surface area contributed by atoms with Gasteiger partial charge >= 0.3 is 12.8 Å². The molecule has 0 radical (unpaired) electrons. The summed E-state index contributed by atoms with van der Waals surface area (Å²) in [6.07, 6.45) is 1.52. The number of nitriles is 1. The largest absolute Gasteiger partial charge is 0.457 e. The molecule has 13 heteroatoms. The van der Waals surface area contributed by atoms with E-state index in [1.54, 1.807) is 55.5 Å². The molecule has 0 bridgehead atoms. The zero-order valence-electron chi connectivity index (χ0n) is 25.6. The van der Waals surface area contributed by atoms with E-state index in [4.69, 9.17) is 53.3 Å². The van der Waals surface area contributed by atoms with Crippen LogP contribution in [0.3, 0.4) is 0 Å². The maximum absolute atomic E-state index is 12.6. The highest BCUT2D eigenvalue weighted by Gasteiger charge is 2.62. The summed E-state index contributed by atoms with van der Waals surface area (Å²) < 4.78 is 35.4. The van der Waals surface area contributed by atoms with Crippen molar-refractivity contribution in [3.05, 3.63) is 98.4 Å². The molecular weight excluding hydrogens is 756 g/mol. The van der Waals surface area contributed by atoms with Crippen molar-refractivity contribution in [1.82, 2.24) is 0 Å². The molecule has 0 spiro atoms. The summed E-state index contributed by atoms with van der Waals surface area (Å²) in [5, 5.41) is 9.93. The highest BCUT2D eigenvalue weighted by atomic mass is 79.9. The first kappa shape index (κ1) is 38.3. The van der Waals surface area contributed by atoms with Crippen LogP contribution in [-0.4, -0.2) is 18.3 Å². The van der Waals surface area contributed by atoms with Crippen LogP contribution in [0.15, 0.2) is 87.8 Å². The summed E-state index contributed by atoms with van der Waals surface area (Å²) >= 11 is 22.0. The van der Waals surface area contributed by atoms with Crippen molar-refractivity contribution in [3.63, 3.8) is 0 Å². The predicted molar refractivity (Wildman–Crippen MR) is 190 cm³/mol. The van der Waals surface area contributed by atoms with Crippen molar-refractivity contribution in [2.75, 3.05) is 12.4 Å². The Morgan fingerprint density at radius 3 is 2.39 bits per heavy atom. The van der Waals surface area contributed by atoms with Crippen LogP contribution in [0.2, 0.25) is 5.02 Å². The van der Waals surface area contributed by atoms with Crippen LogP contribution in [0.4, 0.5) is 0 Å². The minimum Gasteiger partial charge on any atom is -0.457 e. The molecule has 0 amide bonds. The van der Waals surface area contributed by atoms with Gasteiger partial charge in [-0.25, -0.2) is 4.57 Å². The van der Waals surface area contributed by atoms with Gasteiger partial charge in [0.15, 0.2) is 0 Å². The molecule has 1 aliphatic carbocycles. The molecule has 1 fully saturated rings. The summed E-state index contributed by atoms with van der Waals surface area (Å²) in [7, 11) is 0. The van der Waals surface area contributed by atoms with Crippen LogP contribution < -0.4 is 9.26 Å². The predicted octanol–water partition coefficient (Wildman–Crippen LogP) is 11.9. The fraction of sp³-hybridized carbons (Fsp3) is 0.333. The molecule has 0 aromatic heterocycles. The van der Waals surface area contributed by atoms with E-state index in [0.717, 1.165) is 10.9 Å². The molecule has 4 atom stereocenters. The van der Waals surface area contributed by atoms with Crippen LogP contribution in [0.1, 0.15) is 45.8 Å². The molecule has 0 saturated heterocycles. The van der Waals surface area contributed by atoms with Crippen molar-refractivity contribution >= 4 is 74.9 Å². The van der Waals surface area contributed by atoms with Gasteiger partial charge in [-0.3, -0.25) is 9.32 Å². The highest BCUT2D eigenvalue weighted by Crippen LogP contribution is 2.61. The Bertz CT molecular complexity index is 1600. The monoisotopic (exact) mass is 787 g/mol. The second kappa shape index (κ2) is 17.8. The Balaban J connectivity index is 0.000000277. The summed E-state index contributed by atoms with van der Waals surface area (Å²) in [5.74, 6) is 1.38. The van der Waals surface area contributed by atoms with Crippen LogP contribution in [0, 0.1) is 28.6 Å². The SMILES string of the molecule is CC1(C)C(C=C(Cl)Cl)C1C(=O)OC(C#N)c1cccc(Oc2ccccc2)c1.CCCSP(=O)(OCC)Oc1ccc(Br)cc1Cl. The van der Waals surface area contributed by atoms with Crippen molar-refractivity contribution in [2.24, 2.45) is 17.3 Å². The first-order valence-corrected chi connectivity index (χ1v) is 19.4. The molecule has 0 heterocycles. The number of rotatable bonds is 13. The number of hydrogen-bond donors (Lipinski definition) is 0. The average Bonchev–Trinajstić information content (AvgIpc) is 3.55. The summed E-state index contributed by atoms with van der Waals surface area (Å²) in [4.78, 5) is 12.6. The molecule has 246 valence electrons. The third-order valence-electron chi connectivity index (χ3n) is 6.81. The Kier molecular flexibility index (Phi) is 14.9. The topological polar surface area (TPSA) is 94.9 Å². The number of carbonyl (C=O) groups is 1. The molecule has 3 aromatic carbocycles. The van der Waals surface area contributed by atoms with E-state index < -0.39 is 18.9 Å². The minimum absolute atomic E-state index is 0.114. The normalized spacial score (nSPS) is 18.0. The van der Waals surface area contributed by atoms with Gasteiger partial charge < -0.3 is 14.0 Å². The Morgan fingerprint density at radius 2 is 1.78 bits per heavy atom. The lowest BCUT2D eigenvalue weighted by Crippen LogP contribution is -2.14. The maximum Gasteiger partial charge on any atom is 0.440 e. The second-order valence-electron chi connectivity index (χ2n) is 10.6. The minimum atomic E-state index is -3.18. The van der Waals surface area contributed by atoms with Gasteiger partial charge in [-0.15, -0.1) is 0 Å². The number of ether oxygens (including phenoxy) is 2. The third kappa shape index (κ3) is 11.2. The first-order chi connectivity index (χ1) is 21.8. The van der Waals surface area contributed by atoms with Gasteiger partial charge in [-0.05, 0) is 84.6 Å². The first-order valence-electron chi connectivity index (χ1n) is 14.3. The van der Waals surface area contributed by atoms with Gasteiger partial charge in [0.05, 0.1) is 17.5 Å². The Morgan fingerprint density at radius 1 is 1.09 bits per heavy atom. The number of para-hydroxylation sites is 1. The lowest BCUT2D eigenvalue weighted by Gasteiger charge is -2.18. The number of halogens is 4. The zero-order valence-corrected chi connectivity index (χ0v) is 31.2. The smallest absolute Gasteiger partial charge is 0.440 e. The van der Waals surface area contributed by atoms with E-state index >= 15 is 0 Å².